The molecule has 5 N–H and O–H groups in total. The lowest BCUT2D eigenvalue weighted by atomic mass is 9.97. The number of aliphatic hydroxyl groups is 2. The Morgan fingerprint density at radius 1 is 1.39 bits per heavy atom. The topological polar surface area (TPSA) is 148 Å². The largest absolute Gasteiger partial charge is 0.388 e. The predicted molar refractivity (Wildman–Crippen MR) is 102 cm³/mol. The van der Waals surface area contributed by atoms with Crippen LogP contribution in [0.4, 0.5) is 5.82 Å². The third-order valence-electron chi connectivity index (χ3n) is 4.83. The van der Waals surface area contributed by atoms with Crippen molar-refractivity contribution in [2.75, 3.05) is 12.3 Å². The van der Waals surface area contributed by atoms with Crippen molar-refractivity contribution in [2.45, 2.75) is 37.8 Å². The van der Waals surface area contributed by atoms with E-state index in [-0.39, 0.29) is 24.9 Å². The number of fused-ring (bicyclic) bond motifs is 1. The molecule has 1 saturated heterocycles. The van der Waals surface area contributed by atoms with Crippen LogP contribution in [0.25, 0.3) is 11.2 Å². The van der Waals surface area contributed by atoms with E-state index in [1.165, 1.54) is 24.0 Å². The summed E-state index contributed by atoms with van der Waals surface area (Å²) in [6.07, 6.45) is -0.222. The molecule has 10 nitrogen and oxygen atoms in total. The molecule has 4 atom stereocenters. The molecule has 1 fully saturated rings. The van der Waals surface area contributed by atoms with E-state index in [1.54, 1.807) is 4.57 Å². The minimum atomic E-state index is -1.20. The van der Waals surface area contributed by atoms with Gasteiger partial charge in [-0.25, -0.2) is 15.0 Å². The quantitative estimate of drug-likeness (QED) is 0.463. The molecule has 0 aromatic carbocycles. The van der Waals surface area contributed by atoms with Gasteiger partial charge in [0.15, 0.2) is 11.5 Å². The zero-order chi connectivity index (χ0) is 19.8. The molecule has 11 heteroatoms. The minimum absolute atomic E-state index is 0.0671. The maximum Gasteiger partial charge on any atom is 0.262 e. The molecule has 1 aliphatic rings. The molecule has 3 aromatic rings. The number of aliphatic hydroxyl groups excluding tert-OH is 2. The lowest BCUT2D eigenvalue weighted by molar-refractivity contribution is -0.152. The highest BCUT2D eigenvalue weighted by atomic mass is 32.1. The number of hydrogen-bond donors (Lipinski definition) is 4. The lowest BCUT2D eigenvalue weighted by Gasteiger charge is -2.38. The van der Waals surface area contributed by atoms with Crippen molar-refractivity contribution in [3.63, 3.8) is 0 Å². The average molecular weight is 404 g/mol. The zero-order valence-corrected chi connectivity index (χ0v) is 15.8. The maximum absolute atomic E-state index is 12.4. The van der Waals surface area contributed by atoms with Crippen LogP contribution in [-0.2, 0) is 11.3 Å². The zero-order valence-electron chi connectivity index (χ0n) is 15.0. The van der Waals surface area contributed by atoms with Gasteiger partial charge in [-0.2, -0.15) is 0 Å². The molecule has 0 unspecified atom stereocenters. The van der Waals surface area contributed by atoms with Crippen LogP contribution in [0.2, 0.25) is 0 Å². The van der Waals surface area contributed by atoms with Crippen molar-refractivity contribution < 1.29 is 19.7 Å². The van der Waals surface area contributed by atoms with Crippen molar-refractivity contribution in [1.29, 1.82) is 0 Å². The van der Waals surface area contributed by atoms with Crippen molar-refractivity contribution >= 4 is 34.2 Å². The fourth-order valence-corrected chi connectivity index (χ4v) is 4.10. The van der Waals surface area contributed by atoms with E-state index in [9.17, 15) is 15.0 Å². The molecular formula is C17H20N6O4S. The number of carbonyl (C=O) groups is 1. The fourth-order valence-electron chi connectivity index (χ4n) is 3.28. The van der Waals surface area contributed by atoms with Crippen LogP contribution in [0.15, 0.2) is 24.1 Å². The molecule has 3 aromatic heterocycles. The van der Waals surface area contributed by atoms with Gasteiger partial charge < -0.3 is 30.6 Å². The van der Waals surface area contributed by atoms with Crippen LogP contribution in [0.5, 0.6) is 0 Å². The highest BCUT2D eigenvalue weighted by Crippen LogP contribution is 2.22. The van der Waals surface area contributed by atoms with Gasteiger partial charge in [0.1, 0.15) is 30.2 Å². The number of anilines is 1. The first kappa shape index (κ1) is 18.7. The number of nitrogens with zero attached hydrogens (tertiary/aromatic N) is 4. The van der Waals surface area contributed by atoms with Crippen molar-refractivity contribution in [1.82, 2.24) is 24.8 Å². The SMILES string of the molecule is Cc1ccsc1C(=O)N[C@@H]1CO[C@H](Cn2cnc3ncnc(N)c32)[C@@H](O)[C@H]1O. The summed E-state index contributed by atoms with van der Waals surface area (Å²) in [5.41, 5.74) is 7.73. The second kappa shape index (κ2) is 7.43. The van der Waals surface area contributed by atoms with Gasteiger partial charge in [-0.15, -0.1) is 11.3 Å². The molecule has 0 saturated carbocycles. The molecule has 0 aliphatic carbocycles. The van der Waals surface area contributed by atoms with Gasteiger partial charge in [0.25, 0.3) is 5.91 Å². The summed E-state index contributed by atoms with van der Waals surface area (Å²) >= 11 is 1.32. The monoisotopic (exact) mass is 404 g/mol. The summed E-state index contributed by atoms with van der Waals surface area (Å²) in [5.74, 6) is -0.0267. The van der Waals surface area contributed by atoms with Gasteiger partial charge in [0.05, 0.1) is 30.4 Å². The highest BCUT2D eigenvalue weighted by molar-refractivity contribution is 7.12. The highest BCUT2D eigenvalue weighted by Gasteiger charge is 2.39. The van der Waals surface area contributed by atoms with Gasteiger partial charge in [0.2, 0.25) is 0 Å². The van der Waals surface area contributed by atoms with E-state index >= 15 is 0 Å². The smallest absolute Gasteiger partial charge is 0.262 e. The Labute approximate surface area is 164 Å². The number of amides is 1. The Balaban J connectivity index is 1.45. The second-order valence-corrected chi connectivity index (χ2v) is 7.61. The van der Waals surface area contributed by atoms with Gasteiger partial charge in [-0.3, -0.25) is 4.79 Å². The van der Waals surface area contributed by atoms with Gasteiger partial charge in [-0.05, 0) is 23.9 Å². The number of nitrogen functional groups attached to an aromatic ring is 1. The summed E-state index contributed by atoms with van der Waals surface area (Å²) in [6.45, 7) is 2.11. The normalized spacial score (nSPS) is 25.1. The van der Waals surface area contributed by atoms with Crippen molar-refractivity contribution in [2.24, 2.45) is 0 Å². The van der Waals surface area contributed by atoms with E-state index in [0.717, 1.165) is 5.56 Å². The first-order valence-electron chi connectivity index (χ1n) is 8.69. The number of aromatic nitrogens is 4. The molecule has 0 spiro atoms. The number of carbonyl (C=O) groups excluding carboxylic acids is 1. The number of imidazole rings is 1. The molecule has 1 amide bonds. The predicted octanol–water partition coefficient (Wildman–Crippen LogP) is -0.302. The van der Waals surface area contributed by atoms with Crippen LogP contribution in [-0.4, -0.2) is 66.6 Å². The first-order valence-corrected chi connectivity index (χ1v) is 9.57. The summed E-state index contributed by atoms with van der Waals surface area (Å²) in [6, 6.07) is 1.14. The molecule has 148 valence electrons. The van der Waals surface area contributed by atoms with E-state index in [0.29, 0.717) is 16.0 Å². The maximum atomic E-state index is 12.4. The number of thiophene rings is 1. The van der Waals surface area contributed by atoms with Gasteiger partial charge in [0, 0.05) is 0 Å². The summed E-state index contributed by atoms with van der Waals surface area (Å²) in [5, 5.41) is 25.6. The number of ether oxygens (including phenoxy) is 1. The van der Waals surface area contributed by atoms with Crippen molar-refractivity contribution in [3.8, 4) is 0 Å². The molecule has 28 heavy (non-hydrogen) atoms. The molecular weight excluding hydrogens is 384 g/mol. The van der Waals surface area contributed by atoms with Crippen molar-refractivity contribution in [3.05, 3.63) is 34.5 Å². The third kappa shape index (κ3) is 3.33. The fraction of sp³-hybridized carbons (Fsp3) is 0.412. The number of aryl methyl sites for hydroxylation is 1. The Kier molecular flexibility index (Phi) is 4.98. The Morgan fingerprint density at radius 3 is 2.96 bits per heavy atom. The lowest BCUT2D eigenvalue weighted by Crippen LogP contribution is -2.59. The molecule has 4 rings (SSSR count). The average Bonchev–Trinajstić information content (AvgIpc) is 3.28. The number of rotatable bonds is 4. The molecule has 4 heterocycles. The van der Waals surface area contributed by atoms with Gasteiger partial charge in [-0.1, -0.05) is 0 Å². The Hall–Kier alpha value is -2.60. The van der Waals surface area contributed by atoms with Gasteiger partial charge >= 0.3 is 0 Å². The van der Waals surface area contributed by atoms with E-state index in [2.05, 4.69) is 20.3 Å². The molecule has 0 radical (unpaired) electrons. The van der Waals surface area contributed by atoms with Crippen LogP contribution in [0.3, 0.4) is 0 Å². The first-order chi connectivity index (χ1) is 13.5. The second-order valence-electron chi connectivity index (χ2n) is 6.69. The standard InChI is InChI=1S/C17H20N6O4S/c1-8-2-3-28-14(8)17(26)22-9-5-27-10(13(25)12(9)24)4-23-7-21-16-11(23)15(18)19-6-20-16/h2-3,6-7,9-10,12-13,24-25H,4-5H2,1H3,(H,22,26)(H2,18,19,20)/t9-,10-,12+,13-/m1/s1. The van der Waals surface area contributed by atoms with Crippen LogP contribution >= 0.6 is 11.3 Å². The molecule has 0 bridgehead atoms. The summed E-state index contributed by atoms with van der Waals surface area (Å²) < 4.78 is 7.41. The Bertz CT molecular complexity index is 1000. The number of nitrogens with two attached hydrogens (primary N) is 1. The van der Waals surface area contributed by atoms with E-state index < -0.39 is 24.4 Å². The molecule has 1 aliphatic heterocycles. The summed E-state index contributed by atoms with van der Waals surface area (Å²) in [4.78, 5) is 25.1. The van der Waals surface area contributed by atoms with E-state index in [4.69, 9.17) is 10.5 Å². The summed E-state index contributed by atoms with van der Waals surface area (Å²) in [7, 11) is 0. The van der Waals surface area contributed by atoms with Crippen LogP contribution in [0.1, 0.15) is 15.2 Å². The van der Waals surface area contributed by atoms with E-state index in [1.807, 2.05) is 18.4 Å². The number of nitrogens with one attached hydrogen (secondary N) is 1. The third-order valence-corrected chi connectivity index (χ3v) is 5.85. The Morgan fingerprint density at radius 2 is 2.21 bits per heavy atom. The van der Waals surface area contributed by atoms with Crippen LogP contribution < -0.4 is 11.1 Å². The minimum Gasteiger partial charge on any atom is -0.388 e. The number of hydrogen-bond acceptors (Lipinski definition) is 9. The van der Waals surface area contributed by atoms with Crippen LogP contribution in [0, 0.1) is 6.92 Å².